The average molecular weight is 397 g/mol. The maximum Gasteiger partial charge on any atom is 0.294 e. The van der Waals surface area contributed by atoms with Crippen molar-refractivity contribution in [3.8, 4) is 11.5 Å². The number of methoxy groups -OCH3 is 2. The van der Waals surface area contributed by atoms with Crippen molar-refractivity contribution < 1.29 is 17.9 Å². The summed E-state index contributed by atoms with van der Waals surface area (Å²) in [7, 11) is -0.640. The first kappa shape index (κ1) is 17.7. The van der Waals surface area contributed by atoms with E-state index < -0.39 is 10.0 Å². The van der Waals surface area contributed by atoms with Crippen molar-refractivity contribution in [3.63, 3.8) is 0 Å². The summed E-state index contributed by atoms with van der Waals surface area (Å²) in [5, 5.41) is 1.71. The smallest absolute Gasteiger partial charge is 0.294 e. The van der Waals surface area contributed by atoms with E-state index in [4.69, 9.17) is 9.47 Å². The fourth-order valence-electron chi connectivity index (χ4n) is 2.33. The van der Waals surface area contributed by atoms with E-state index in [1.807, 2.05) is 12.1 Å². The molecule has 0 bridgehead atoms. The molecule has 1 aromatic carbocycles. The van der Waals surface area contributed by atoms with Crippen molar-refractivity contribution >= 4 is 42.9 Å². The number of hydrogen-bond donors (Lipinski definition) is 0. The van der Waals surface area contributed by atoms with Crippen LogP contribution in [0.3, 0.4) is 0 Å². The summed E-state index contributed by atoms with van der Waals surface area (Å²) in [5.74, 6) is 1.15. The lowest BCUT2D eigenvalue weighted by molar-refractivity contribution is 0.355. The monoisotopic (exact) mass is 396 g/mol. The van der Waals surface area contributed by atoms with Crippen LogP contribution in [0, 0.1) is 0 Å². The van der Waals surface area contributed by atoms with E-state index in [1.165, 1.54) is 11.3 Å². The summed E-state index contributed by atoms with van der Waals surface area (Å²) in [6.07, 6.45) is 1.69. The molecule has 3 rings (SSSR count). The van der Waals surface area contributed by atoms with E-state index in [0.717, 1.165) is 21.6 Å². The predicted octanol–water partition coefficient (Wildman–Crippen LogP) is 3.26. The molecule has 0 aliphatic rings. The summed E-state index contributed by atoms with van der Waals surface area (Å²) < 4.78 is 42.6. The van der Waals surface area contributed by atoms with E-state index in [-0.39, 0.29) is 4.21 Å². The molecule has 2 heterocycles. The quantitative estimate of drug-likeness (QED) is 0.600. The Bertz CT molecular complexity index is 1080. The summed E-state index contributed by atoms with van der Waals surface area (Å²) in [6, 6.07) is 6.85. The second kappa shape index (κ2) is 7.03. The molecule has 25 heavy (non-hydrogen) atoms. The third-order valence-electron chi connectivity index (χ3n) is 3.45. The first-order valence-electron chi connectivity index (χ1n) is 7.21. The normalized spacial score (nSPS) is 12.5. The Kier molecular flexibility index (Phi) is 4.98. The fourth-order valence-corrected chi connectivity index (χ4v) is 5.55. The van der Waals surface area contributed by atoms with Crippen molar-refractivity contribution in [2.24, 2.45) is 4.40 Å². The molecule has 132 valence electrons. The molecule has 0 amide bonds. The van der Waals surface area contributed by atoms with Crippen molar-refractivity contribution in [1.82, 2.24) is 4.57 Å². The van der Waals surface area contributed by atoms with Gasteiger partial charge in [-0.3, -0.25) is 0 Å². The Morgan fingerprint density at radius 2 is 2.00 bits per heavy atom. The number of rotatable bonds is 6. The van der Waals surface area contributed by atoms with Gasteiger partial charge in [-0.25, -0.2) is 0 Å². The van der Waals surface area contributed by atoms with Gasteiger partial charge in [-0.05, 0) is 11.4 Å². The minimum absolute atomic E-state index is 0.213. The molecule has 9 heteroatoms. The Hall–Kier alpha value is -2.10. The summed E-state index contributed by atoms with van der Waals surface area (Å²) in [4.78, 5) is 0.374. The number of thiophene rings is 1. The van der Waals surface area contributed by atoms with Crippen molar-refractivity contribution in [2.75, 3.05) is 14.2 Å². The minimum Gasteiger partial charge on any atom is -0.493 e. The number of hydrogen-bond acceptors (Lipinski definition) is 6. The van der Waals surface area contributed by atoms with Crippen molar-refractivity contribution in [3.05, 3.63) is 47.1 Å². The predicted molar refractivity (Wildman–Crippen MR) is 100 cm³/mol. The molecule has 0 atom stereocenters. The molecule has 0 unspecified atom stereocenters. The van der Waals surface area contributed by atoms with Gasteiger partial charge in [0.2, 0.25) is 4.80 Å². The third-order valence-corrected chi connectivity index (χ3v) is 7.24. The van der Waals surface area contributed by atoms with Gasteiger partial charge in [-0.15, -0.1) is 22.3 Å². The molecule has 0 N–H and O–H groups in total. The molecule has 0 aliphatic carbocycles. The Balaban J connectivity index is 2.29. The molecule has 0 saturated carbocycles. The molecule has 0 fully saturated rings. The van der Waals surface area contributed by atoms with Gasteiger partial charge in [0.25, 0.3) is 10.0 Å². The molecule has 0 aliphatic heterocycles. The summed E-state index contributed by atoms with van der Waals surface area (Å²) >= 11 is 2.42. The van der Waals surface area contributed by atoms with Gasteiger partial charge in [-0.1, -0.05) is 23.5 Å². The molecule has 0 radical (unpaired) electrons. The van der Waals surface area contributed by atoms with Crippen LogP contribution in [-0.2, 0) is 16.6 Å². The molecule has 0 spiro atoms. The van der Waals surface area contributed by atoms with E-state index >= 15 is 0 Å². The number of fused-ring (bicyclic) bond motifs is 1. The molecular weight excluding hydrogens is 380 g/mol. The Morgan fingerprint density at radius 1 is 1.28 bits per heavy atom. The SMILES string of the molecule is C=CCn1c(=NS(=O)(=O)c2cccs2)sc2cc(OC)c(OC)cc21. The van der Waals surface area contributed by atoms with E-state index in [9.17, 15) is 8.42 Å². The average Bonchev–Trinajstić information content (AvgIpc) is 3.23. The first-order valence-corrected chi connectivity index (χ1v) is 10.3. The minimum atomic E-state index is -3.75. The maximum atomic E-state index is 12.5. The highest BCUT2D eigenvalue weighted by molar-refractivity contribution is 7.92. The zero-order chi connectivity index (χ0) is 18.0. The van der Waals surface area contributed by atoms with E-state index in [0.29, 0.717) is 22.8 Å². The number of ether oxygens (including phenoxy) is 2. The molecule has 0 saturated heterocycles. The van der Waals surface area contributed by atoms with Crippen LogP contribution in [0.1, 0.15) is 0 Å². The van der Waals surface area contributed by atoms with Crippen LogP contribution in [0.25, 0.3) is 10.2 Å². The van der Waals surface area contributed by atoms with Crippen LogP contribution < -0.4 is 14.3 Å². The topological polar surface area (TPSA) is 69.9 Å². The number of sulfonamides is 1. The number of nitrogens with zero attached hydrogens (tertiary/aromatic N) is 2. The molecular formula is C16H16N2O4S3. The van der Waals surface area contributed by atoms with Crippen LogP contribution in [0.5, 0.6) is 11.5 Å². The van der Waals surface area contributed by atoms with Crippen molar-refractivity contribution in [2.45, 2.75) is 10.8 Å². The largest absolute Gasteiger partial charge is 0.493 e. The van der Waals surface area contributed by atoms with Gasteiger partial charge >= 0.3 is 0 Å². The van der Waals surface area contributed by atoms with Gasteiger partial charge in [0.05, 0.1) is 24.4 Å². The number of allylic oxidation sites excluding steroid dienone is 1. The van der Waals surface area contributed by atoms with Gasteiger partial charge < -0.3 is 14.0 Å². The Labute approximate surface area is 153 Å². The maximum absolute atomic E-state index is 12.5. The zero-order valence-electron chi connectivity index (χ0n) is 13.6. The Morgan fingerprint density at radius 3 is 2.60 bits per heavy atom. The number of aromatic nitrogens is 1. The zero-order valence-corrected chi connectivity index (χ0v) is 16.1. The van der Waals surface area contributed by atoms with Gasteiger partial charge in [0, 0.05) is 18.7 Å². The third kappa shape index (κ3) is 3.35. The highest BCUT2D eigenvalue weighted by Gasteiger charge is 2.17. The van der Waals surface area contributed by atoms with Crippen LogP contribution in [0.4, 0.5) is 0 Å². The summed E-state index contributed by atoms with van der Waals surface area (Å²) in [6.45, 7) is 4.17. The fraction of sp³-hybridized carbons (Fsp3) is 0.188. The van der Waals surface area contributed by atoms with Gasteiger partial charge in [0.1, 0.15) is 4.21 Å². The lowest BCUT2D eigenvalue weighted by Crippen LogP contribution is -2.16. The second-order valence-corrected chi connectivity index (χ2v) is 8.75. The van der Waals surface area contributed by atoms with Crippen LogP contribution in [-0.4, -0.2) is 27.2 Å². The second-order valence-electron chi connectivity index (χ2n) is 4.96. The molecule has 3 aromatic rings. The van der Waals surface area contributed by atoms with Gasteiger partial charge in [-0.2, -0.15) is 8.42 Å². The van der Waals surface area contributed by atoms with Crippen LogP contribution >= 0.6 is 22.7 Å². The lowest BCUT2D eigenvalue weighted by atomic mass is 10.3. The molecule has 2 aromatic heterocycles. The van der Waals surface area contributed by atoms with Gasteiger partial charge in [0.15, 0.2) is 11.5 Å². The highest BCUT2D eigenvalue weighted by atomic mass is 32.2. The lowest BCUT2D eigenvalue weighted by Gasteiger charge is -2.08. The number of thiazole rings is 1. The van der Waals surface area contributed by atoms with E-state index in [1.54, 1.807) is 42.4 Å². The van der Waals surface area contributed by atoms with Crippen LogP contribution in [0.2, 0.25) is 0 Å². The molecule has 6 nitrogen and oxygen atoms in total. The first-order chi connectivity index (χ1) is 12.0. The number of benzene rings is 1. The van der Waals surface area contributed by atoms with E-state index in [2.05, 4.69) is 11.0 Å². The van der Waals surface area contributed by atoms with Crippen LogP contribution in [0.15, 0.2) is 50.9 Å². The summed E-state index contributed by atoms with van der Waals surface area (Å²) in [5.41, 5.74) is 0.808. The van der Waals surface area contributed by atoms with Crippen molar-refractivity contribution in [1.29, 1.82) is 0 Å². The highest BCUT2D eigenvalue weighted by Crippen LogP contribution is 2.33. The standard InChI is InChI=1S/C16H16N2O4S3/c1-4-7-18-11-9-12(21-2)13(22-3)10-14(11)24-16(18)17-25(19,20)15-6-5-8-23-15/h4-6,8-10H,1,7H2,2-3H3.